The zero-order valence-electron chi connectivity index (χ0n) is 13.1. The van der Waals surface area contributed by atoms with E-state index in [-0.39, 0.29) is 23.9 Å². The van der Waals surface area contributed by atoms with E-state index < -0.39 is 0 Å². The molecular formula is C19H23ClN2O. The van der Waals surface area contributed by atoms with Gasteiger partial charge in [0.2, 0.25) is 0 Å². The molecule has 0 heterocycles. The van der Waals surface area contributed by atoms with E-state index in [1.165, 1.54) is 5.56 Å². The number of amides is 1. The van der Waals surface area contributed by atoms with Crippen molar-refractivity contribution in [2.45, 2.75) is 37.8 Å². The van der Waals surface area contributed by atoms with Crippen molar-refractivity contribution in [1.29, 1.82) is 0 Å². The lowest BCUT2D eigenvalue weighted by Crippen LogP contribution is -2.43. The fourth-order valence-corrected chi connectivity index (χ4v) is 3.30. The van der Waals surface area contributed by atoms with Gasteiger partial charge in [0.05, 0.1) is 5.54 Å². The zero-order chi connectivity index (χ0) is 15.4. The predicted molar refractivity (Wildman–Crippen MR) is 95.6 cm³/mol. The molecule has 4 heteroatoms. The Morgan fingerprint density at radius 3 is 2.17 bits per heavy atom. The van der Waals surface area contributed by atoms with Gasteiger partial charge in [0.15, 0.2) is 0 Å². The summed E-state index contributed by atoms with van der Waals surface area (Å²) in [5, 5.41) is 3.29. The number of benzene rings is 2. The Kier molecular flexibility index (Phi) is 5.80. The molecule has 2 aromatic rings. The highest BCUT2D eigenvalue weighted by molar-refractivity contribution is 5.94. The van der Waals surface area contributed by atoms with Crippen LogP contribution in [-0.4, -0.2) is 5.91 Å². The maximum atomic E-state index is 12.6. The normalized spacial score (nSPS) is 15.7. The minimum atomic E-state index is -0.217. The fraction of sp³-hybridized carbons (Fsp3) is 0.316. The molecule has 0 atom stereocenters. The highest BCUT2D eigenvalue weighted by Crippen LogP contribution is 2.38. The zero-order valence-corrected chi connectivity index (χ0v) is 13.9. The largest absolute Gasteiger partial charge is 0.343 e. The maximum Gasteiger partial charge on any atom is 0.251 e. The summed E-state index contributed by atoms with van der Waals surface area (Å²) in [6.07, 6.45) is 4.32. The van der Waals surface area contributed by atoms with Crippen LogP contribution in [-0.2, 0) is 12.1 Å². The Bertz CT molecular complexity index is 634. The number of hydrogen-bond donors (Lipinski definition) is 2. The van der Waals surface area contributed by atoms with Gasteiger partial charge in [-0.3, -0.25) is 4.79 Å². The average Bonchev–Trinajstić information content (AvgIpc) is 3.05. The van der Waals surface area contributed by atoms with Crippen LogP contribution in [0.5, 0.6) is 0 Å². The lowest BCUT2D eigenvalue weighted by molar-refractivity contribution is 0.0898. The highest BCUT2D eigenvalue weighted by atomic mass is 35.5. The van der Waals surface area contributed by atoms with E-state index in [0.29, 0.717) is 12.1 Å². The van der Waals surface area contributed by atoms with Crippen LogP contribution in [0.3, 0.4) is 0 Å². The summed E-state index contributed by atoms with van der Waals surface area (Å²) in [6.45, 7) is 0.496. The Morgan fingerprint density at radius 1 is 1.00 bits per heavy atom. The van der Waals surface area contributed by atoms with Crippen molar-refractivity contribution in [3.05, 3.63) is 71.3 Å². The molecule has 3 rings (SSSR count). The molecule has 0 spiro atoms. The number of rotatable bonds is 4. The molecule has 0 saturated heterocycles. The van der Waals surface area contributed by atoms with Crippen molar-refractivity contribution in [2.24, 2.45) is 5.73 Å². The Morgan fingerprint density at radius 2 is 1.61 bits per heavy atom. The third kappa shape index (κ3) is 3.74. The van der Waals surface area contributed by atoms with Crippen LogP contribution in [0.25, 0.3) is 0 Å². The molecule has 0 aromatic heterocycles. The standard InChI is InChI=1S/C19H22N2O.ClH/c20-14-15-8-10-16(11-9-15)18(22)21-19(12-4-5-13-19)17-6-2-1-3-7-17;/h1-3,6-11H,4-5,12-14,20H2,(H,21,22);1H. The van der Waals surface area contributed by atoms with E-state index in [2.05, 4.69) is 17.4 Å². The summed E-state index contributed by atoms with van der Waals surface area (Å²) in [4.78, 5) is 12.6. The summed E-state index contributed by atoms with van der Waals surface area (Å²) < 4.78 is 0. The number of nitrogens with one attached hydrogen (secondary N) is 1. The van der Waals surface area contributed by atoms with Gasteiger partial charge in [0, 0.05) is 12.1 Å². The summed E-state index contributed by atoms with van der Waals surface area (Å²) in [5.41, 5.74) is 8.33. The van der Waals surface area contributed by atoms with Crippen LogP contribution in [0.1, 0.15) is 47.2 Å². The van der Waals surface area contributed by atoms with Gasteiger partial charge in [0.1, 0.15) is 0 Å². The molecule has 1 aliphatic carbocycles. The summed E-state index contributed by atoms with van der Waals surface area (Å²) >= 11 is 0. The molecule has 0 unspecified atom stereocenters. The SMILES string of the molecule is Cl.NCc1ccc(C(=O)NC2(c3ccccc3)CCCC2)cc1. The molecular weight excluding hydrogens is 308 g/mol. The number of halogens is 1. The molecule has 23 heavy (non-hydrogen) atoms. The van der Waals surface area contributed by atoms with Gasteiger partial charge in [-0.25, -0.2) is 0 Å². The number of carbonyl (C=O) groups is 1. The number of nitrogens with two attached hydrogens (primary N) is 1. The Balaban J connectivity index is 0.00000192. The molecule has 1 fully saturated rings. The first-order valence-corrected chi connectivity index (χ1v) is 7.91. The molecule has 2 aromatic carbocycles. The molecule has 122 valence electrons. The molecule has 1 aliphatic rings. The van der Waals surface area contributed by atoms with Crippen LogP contribution in [0.15, 0.2) is 54.6 Å². The minimum absolute atomic E-state index is 0. The monoisotopic (exact) mass is 330 g/mol. The number of carbonyl (C=O) groups excluding carboxylic acids is 1. The molecule has 0 bridgehead atoms. The van der Waals surface area contributed by atoms with E-state index in [0.717, 1.165) is 31.2 Å². The summed E-state index contributed by atoms with van der Waals surface area (Å²) in [5.74, 6) is -0.00526. The van der Waals surface area contributed by atoms with Crippen molar-refractivity contribution < 1.29 is 4.79 Å². The molecule has 1 saturated carbocycles. The van der Waals surface area contributed by atoms with E-state index in [4.69, 9.17) is 5.73 Å². The second-order valence-corrected chi connectivity index (χ2v) is 6.01. The van der Waals surface area contributed by atoms with Gasteiger partial charge in [-0.05, 0) is 36.1 Å². The second kappa shape index (κ2) is 7.62. The first-order valence-electron chi connectivity index (χ1n) is 7.91. The Labute approximate surface area is 143 Å². The topological polar surface area (TPSA) is 55.1 Å². The van der Waals surface area contributed by atoms with Gasteiger partial charge in [-0.2, -0.15) is 0 Å². The predicted octanol–water partition coefficient (Wildman–Crippen LogP) is 3.77. The lowest BCUT2D eigenvalue weighted by Gasteiger charge is -2.31. The van der Waals surface area contributed by atoms with Gasteiger partial charge in [0.25, 0.3) is 5.91 Å². The van der Waals surface area contributed by atoms with Gasteiger partial charge < -0.3 is 11.1 Å². The smallest absolute Gasteiger partial charge is 0.251 e. The van der Waals surface area contributed by atoms with Crippen molar-refractivity contribution in [1.82, 2.24) is 5.32 Å². The molecule has 3 N–H and O–H groups in total. The summed E-state index contributed by atoms with van der Waals surface area (Å²) in [7, 11) is 0. The number of hydrogen-bond acceptors (Lipinski definition) is 2. The average molecular weight is 331 g/mol. The molecule has 1 amide bonds. The maximum absolute atomic E-state index is 12.6. The fourth-order valence-electron chi connectivity index (χ4n) is 3.30. The van der Waals surface area contributed by atoms with Gasteiger partial charge >= 0.3 is 0 Å². The van der Waals surface area contributed by atoms with Crippen LogP contribution >= 0.6 is 12.4 Å². The first kappa shape index (κ1) is 17.5. The quantitative estimate of drug-likeness (QED) is 0.896. The van der Waals surface area contributed by atoms with E-state index in [9.17, 15) is 4.79 Å². The van der Waals surface area contributed by atoms with Crippen molar-refractivity contribution in [3.8, 4) is 0 Å². The lowest BCUT2D eigenvalue weighted by atomic mass is 9.88. The molecule has 0 radical (unpaired) electrons. The third-order valence-corrected chi connectivity index (χ3v) is 4.59. The van der Waals surface area contributed by atoms with Crippen LogP contribution in [0, 0.1) is 0 Å². The van der Waals surface area contributed by atoms with E-state index in [1.54, 1.807) is 0 Å². The Hall–Kier alpha value is -1.84. The van der Waals surface area contributed by atoms with E-state index >= 15 is 0 Å². The third-order valence-electron chi connectivity index (χ3n) is 4.59. The van der Waals surface area contributed by atoms with Gasteiger partial charge in [-0.15, -0.1) is 12.4 Å². The van der Waals surface area contributed by atoms with Crippen LogP contribution in [0.4, 0.5) is 0 Å². The second-order valence-electron chi connectivity index (χ2n) is 6.01. The first-order chi connectivity index (χ1) is 10.7. The van der Waals surface area contributed by atoms with Crippen molar-refractivity contribution in [2.75, 3.05) is 0 Å². The van der Waals surface area contributed by atoms with Crippen LogP contribution < -0.4 is 11.1 Å². The highest BCUT2D eigenvalue weighted by Gasteiger charge is 2.36. The van der Waals surface area contributed by atoms with Crippen LogP contribution in [0.2, 0.25) is 0 Å². The molecule has 3 nitrogen and oxygen atoms in total. The minimum Gasteiger partial charge on any atom is -0.343 e. The van der Waals surface area contributed by atoms with Gasteiger partial charge in [-0.1, -0.05) is 55.3 Å². The van der Waals surface area contributed by atoms with E-state index in [1.807, 2.05) is 42.5 Å². The summed E-state index contributed by atoms with van der Waals surface area (Å²) in [6, 6.07) is 17.9. The van der Waals surface area contributed by atoms with Crippen molar-refractivity contribution in [3.63, 3.8) is 0 Å². The van der Waals surface area contributed by atoms with Crippen molar-refractivity contribution >= 4 is 18.3 Å². The molecule has 0 aliphatic heterocycles.